The first kappa shape index (κ1) is 14.4. The molecular weight excluding hydrogens is 214 g/mol. The third kappa shape index (κ3) is 6.00. The SMILES string of the molecule is CCOC(=O)CCC(=O)N(C)CC(=O)OC. The zero-order chi connectivity index (χ0) is 12.6. The summed E-state index contributed by atoms with van der Waals surface area (Å²) < 4.78 is 9.08. The van der Waals surface area contributed by atoms with Gasteiger partial charge in [-0.3, -0.25) is 14.4 Å². The number of hydrogen-bond donors (Lipinski definition) is 0. The molecule has 0 heterocycles. The van der Waals surface area contributed by atoms with Gasteiger partial charge in [0.25, 0.3) is 0 Å². The highest BCUT2D eigenvalue weighted by atomic mass is 16.5. The third-order valence-electron chi connectivity index (χ3n) is 1.87. The lowest BCUT2D eigenvalue weighted by Crippen LogP contribution is -2.32. The summed E-state index contributed by atoms with van der Waals surface area (Å²) in [6, 6.07) is 0. The van der Waals surface area contributed by atoms with Gasteiger partial charge < -0.3 is 14.4 Å². The zero-order valence-electron chi connectivity index (χ0n) is 9.82. The molecule has 0 atom stereocenters. The highest BCUT2D eigenvalue weighted by Crippen LogP contribution is 1.98. The maximum Gasteiger partial charge on any atom is 0.325 e. The van der Waals surface area contributed by atoms with E-state index in [4.69, 9.17) is 0 Å². The third-order valence-corrected chi connectivity index (χ3v) is 1.87. The Hall–Kier alpha value is -1.59. The van der Waals surface area contributed by atoms with Crippen molar-refractivity contribution in [2.24, 2.45) is 0 Å². The van der Waals surface area contributed by atoms with Crippen molar-refractivity contribution in [3.8, 4) is 0 Å². The summed E-state index contributed by atoms with van der Waals surface area (Å²) in [5.41, 5.74) is 0. The van der Waals surface area contributed by atoms with Crippen molar-refractivity contribution >= 4 is 17.8 Å². The molecule has 0 aromatic heterocycles. The normalized spacial score (nSPS) is 9.44. The average molecular weight is 231 g/mol. The van der Waals surface area contributed by atoms with Crippen molar-refractivity contribution in [1.29, 1.82) is 0 Å². The molecule has 0 unspecified atom stereocenters. The summed E-state index contributed by atoms with van der Waals surface area (Å²) in [6.45, 7) is 1.88. The number of rotatable bonds is 6. The Kier molecular flexibility index (Phi) is 6.91. The Bertz CT molecular complexity index is 264. The molecule has 0 aliphatic carbocycles. The van der Waals surface area contributed by atoms with Crippen LogP contribution in [0.4, 0.5) is 0 Å². The van der Waals surface area contributed by atoms with E-state index in [0.29, 0.717) is 6.61 Å². The molecule has 0 aliphatic heterocycles. The summed E-state index contributed by atoms with van der Waals surface area (Å²) in [5.74, 6) is -1.20. The highest BCUT2D eigenvalue weighted by molar-refractivity contribution is 5.84. The molecule has 1 amide bonds. The van der Waals surface area contributed by atoms with Gasteiger partial charge in [0.15, 0.2) is 0 Å². The smallest absolute Gasteiger partial charge is 0.325 e. The number of carbonyl (C=O) groups is 3. The van der Waals surface area contributed by atoms with Gasteiger partial charge in [0, 0.05) is 13.5 Å². The topological polar surface area (TPSA) is 72.9 Å². The van der Waals surface area contributed by atoms with Gasteiger partial charge in [0.2, 0.25) is 5.91 Å². The van der Waals surface area contributed by atoms with Crippen molar-refractivity contribution in [1.82, 2.24) is 4.90 Å². The molecule has 0 fully saturated rings. The van der Waals surface area contributed by atoms with E-state index in [1.54, 1.807) is 6.92 Å². The van der Waals surface area contributed by atoms with Crippen LogP contribution in [0.15, 0.2) is 0 Å². The molecule has 0 bridgehead atoms. The number of carbonyl (C=O) groups excluding carboxylic acids is 3. The van der Waals surface area contributed by atoms with E-state index in [9.17, 15) is 14.4 Å². The van der Waals surface area contributed by atoms with E-state index in [0.717, 1.165) is 0 Å². The van der Waals surface area contributed by atoms with Gasteiger partial charge in [-0.1, -0.05) is 0 Å². The van der Waals surface area contributed by atoms with Crippen LogP contribution in [0.3, 0.4) is 0 Å². The van der Waals surface area contributed by atoms with E-state index in [1.807, 2.05) is 0 Å². The van der Waals surface area contributed by atoms with Crippen LogP contribution in [0.5, 0.6) is 0 Å². The first-order chi connectivity index (χ1) is 7.51. The number of esters is 2. The van der Waals surface area contributed by atoms with Crippen LogP contribution >= 0.6 is 0 Å². The molecule has 0 spiro atoms. The van der Waals surface area contributed by atoms with Crippen LogP contribution in [0.1, 0.15) is 19.8 Å². The molecule has 16 heavy (non-hydrogen) atoms. The van der Waals surface area contributed by atoms with Crippen LogP contribution < -0.4 is 0 Å². The van der Waals surface area contributed by atoms with Crippen LogP contribution in [0.25, 0.3) is 0 Å². The summed E-state index contributed by atoms with van der Waals surface area (Å²) in [4.78, 5) is 34.5. The van der Waals surface area contributed by atoms with Gasteiger partial charge in [-0.2, -0.15) is 0 Å². The Balaban J connectivity index is 3.87. The van der Waals surface area contributed by atoms with E-state index < -0.39 is 11.9 Å². The zero-order valence-corrected chi connectivity index (χ0v) is 9.82. The molecular formula is C10H17NO5. The minimum atomic E-state index is -0.494. The fraction of sp³-hybridized carbons (Fsp3) is 0.700. The molecule has 92 valence electrons. The number of methoxy groups -OCH3 is 1. The van der Waals surface area contributed by atoms with Crippen molar-refractivity contribution in [3.05, 3.63) is 0 Å². The van der Waals surface area contributed by atoms with Crippen LogP contribution in [0.2, 0.25) is 0 Å². The number of likely N-dealkylation sites (N-methyl/N-ethyl adjacent to an activating group) is 1. The number of nitrogens with zero attached hydrogens (tertiary/aromatic N) is 1. The van der Waals surface area contributed by atoms with Crippen LogP contribution in [-0.4, -0.2) is 50.1 Å². The molecule has 0 aromatic rings. The summed E-state index contributed by atoms with van der Waals surface area (Å²) in [7, 11) is 2.73. The van der Waals surface area contributed by atoms with E-state index >= 15 is 0 Å². The molecule has 0 aromatic carbocycles. The van der Waals surface area contributed by atoms with Gasteiger partial charge in [0.1, 0.15) is 6.54 Å². The van der Waals surface area contributed by atoms with Crippen molar-refractivity contribution < 1.29 is 23.9 Å². The summed E-state index contributed by atoms with van der Waals surface area (Å²) in [5, 5.41) is 0. The fourth-order valence-corrected chi connectivity index (χ4v) is 0.979. The van der Waals surface area contributed by atoms with Crippen LogP contribution in [0, 0.1) is 0 Å². The van der Waals surface area contributed by atoms with E-state index in [2.05, 4.69) is 9.47 Å². The molecule has 0 saturated carbocycles. The van der Waals surface area contributed by atoms with E-state index in [-0.39, 0.29) is 25.3 Å². The largest absolute Gasteiger partial charge is 0.468 e. The predicted octanol–water partition coefficient (Wildman–Crippen LogP) is -0.0389. The van der Waals surface area contributed by atoms with Gasteiger partial charge in [-0.05, 0) is 6.92 Å². The average Bonchev–Trinajstić information content (AvgIpc) is 2.25. The quantitative estimate of drug-likeness (QED) is 0.600. The second-order valence-electron chi connectivity index (χ2n) is 3.13. The second kappa shape index (κ2) is 7.67. The first-order valence-corrected chi connectivity index (χ1v) is 4.97. The summed E-state index contributed by atoms with van der Waals surface area (Å²) in [6.07, 6.45) is 0.0600. The molecule has 0 aliphatic rings. The first-order valence-electron chi connectivity index (χ1n) is 4.97. The van der Waals surface area contributed by atoms with Gasteiger partial charge in [-0.25, -0.2) is 0 Å². The maximum atomic E-state index is 11.4. The van der Waals surface area contributed by atoms with Gasteiger partial charge in [0.05, 0.1) is 20.1 Å². The second-order valence-corrected chi connectivity index (χ2v) is 3.13. The Morgan fingerprint density at radius 3 is 2.25 bits per heavy atom. The maximum absolute atomic E-state index is 11.4. The Morgan fingerprint density at radius 2 is 1.75 bits per heavy atom. The standard InChI is InChI=1S/C10H17NO5/c1-4-16-9(13)6-5-8(12)11(2)7-10(14)15-3/h4-7H2,1-3H3. The van der Waals surface area contributed by atoms with E-state index in [1.165, 1.54) is 19.1 Å². The number of hydrogen-bond acceptors (Lipinski definition) is 5. The molecule has 0 N–H and O–H groups in total. The lowest BCUT2D eigenvalue weighted by atomic mass is 10.3. The van der Waals surface area contributed by atoms with Crippen molar-refractivity contribution in [2.75, 3.05) is 27.3 Å². The van der Waals surface area contributed by atoms with Crippen molar-refractivity contribution in [2.45, 2.75) is 19.8 Å². The van der Waals surface area contributed by atoms with Gasteiger partial charge in [-0.15, -0.1) is 0 Å². The minimum absolute atomic E-state index is 0.0260. The molecule has 0 radical (unpaired) electrons. The number of amides is 1. The lowest BCUT2D eigenvalue weighted by molar-refractivity contribution is -0.147. The lowest BCUT2D eigenvalue weighted by Gasteiger charge is -2.14. The molecule has 6 nitrogen and oxygen atoms in total. The molecule has 6 heteroatoms. The van der Waals surface area contributed by atoms with Crippen molar-refractivity contribution in [3.63, 3.8) is 0 Å². The van der Waals surface area contributed by atoms with Crippen LogP contribution in [-0.2, 0) is 23.9 Å². The minimum Gasteiger partial charge on any atom is -0.468 e. The fourth-order valence-electron chi connectivity index (χ4n) is 0.979. The highest BCUT2D eigenvalue weighted by Gasteiger charge is 2.14. The molecule has 0 saturated heterocycles. The summed E-state index contributed by atoms with van der Waals surface area (Å²) >= 11 is 0. The number of ether oxygens (including phenoxy) is 2. The van der Waals surface area contributed by atoms with Gasteiger partial charge >= 0.3 is 11.9 Å². The predicted molar refractivity (Wildman–Crippen MR) is 55.5 cm³/mol. The Morgan fingerprint density at radius 1 is 1.12 bits per heavy atom. The Labute approximate surface area is 94.5 Å². The monoisotopic (exact) mass is 231 g/mol. The molecule has 0 rings (SSSR count).